The lowest BCUT2D eigenvalue weighted by molar-refractivity contribution is 0.165. The minimum absolute atomic E-state index is 0.428. The van der Waals surface area contributed by atoms with Gasteiger partial charge in [-0.1, -0.05) is 24.8 Å². The van der Waals surface area contributed by atoms with Crippen LogP contribution in [-0.2, 0) is 4.84 Å². The van der Waals surface area contributed by atoms with Gasteiger partial charge < -0.3 is 9.57 Å². The molecule has 0 fully saturated rings. The van der Waals surface area contributed by atoms with Crippen molar-refractivity contribution < 1.29 is 9.57 Å². The molecule has 2 rings (SSSR count). The molecule has 1 N–H and O–H groups in total. The van der Waals surface area contributed by atoms with Gasteiger partial charge >= 0.3 is 0 Å². The zero-order valence-electron chi connectivity index (χ0n) is 15.2. The Labute approximate surface area is 149 Å². The lowest BCUT2D eigenvalue weighted by Gasteiger charge is -2.08. The first-order chi connectivity index (χ1) is 11.9. The van der Waals surface area contributed by atoms with Gasteiger partial charge in [0, 0.05) is 11.8 Å². The normalized spacial score (nSPS) is 11.4. The summed E-state index contributed by atoms with van der Waals surface area (Å²) in [5.41, 5.74) is 7.72. The van der Waals surface area contributed by atoms with E-state index < -0.39 is 0 Å². The Balaban J connectivity index is 2.25. The molecular weight excluding hydrogens is 312 g/mol. The van der Waals surface area contributed by atoms with Crippen LogP contribution < -0.4 is 10.2 Å². The smallest absolute Gasteiger partial charge is 0.222 e. The van der Waals surface area contributed by atoms with Crippen molar-refractivity contribution in [3.05, 3.63) is 83.8 Å². The highest BCUT2D eigenvalue weighted by Gasteiger charge is 2.02. The summed E-state index contributed by atoms with van der Waals surface area (Å²) >= 11 is 0. The number of rotatable bonds is 6. The first kappa shape index (κ1) is 18.3. The second kappa shape index (κ2) is 8.73. The van der Waals surface area contributed by atoms with Crippen LogP contribution in [-0.4, -0.2) is 5.90 Å². The third kappa shape index (κ3) is 6.18. The fraction of sp³-hybridized carbons (Fsp3) is 0.190. The minimum atomic E-state index is 0.428. The van der Waals surface area contributed by atoms with Crippen molar-refractivity contribution in [1.82, 2.24) is 5.48 Å². The number of aryl methyl sites for hydroxylation is 3. The van der Waals surface area contributed by atoms with Crippen LogP contribution in [0.1, 0.15) is 23.6 Å². The van der Waals surface area contributed by atoms with Crippen LogP contribution >= 0.6 is 0 Å². The second-order valence-corrected chi connectivity index (χ2v) is 5.94. The lowest BCUT2D eigenvalue weighted by Crippen LogP contribution is -2.09. The molecule has 0 unspecified atom stereocenters. The molecule has 0 bridgehead atoms. The summed E-state index contributed by atoms with van der Waals surface area (Å²) in [6.45, 7) is 11.7. The van der Waals surface area contributed by atoms with Gasteiger partial charge in [-0.25, -0.2) is 10.5 Å². The Hall–Kier alpha value is -3.01. The van der Waals surface area contributed by atoms with Crippen molar-refractivity contribution in [3.8, 4) is 5.75 Å². The molecule has 0 aromatic heterocycles. The van der Waals surface area contributed by atoms with Gasteiger partial charge in [0.15, 0.2) is 0 Å². The largest absolute Gasteiger partial charge is 0.439 e. The van der Waals surface area contributed by atoms with E-state index >= 15 is 0 Å². The molecule has 0 heterocycles. The third-order valence-electron chi connectivity index (χ3n) is 3.45. The highest BCUT2D eigenvalue weighted by Crippen LogP contribution is 2.19. The minimum Gasteiger partial charge on any atom is -0.439 e. The summed E-state index contributed by atoms with van der Waals surface area (Å²) in [7, 11) is 0. The monoisotopic (exact) mass is 336 g/mol. The van der Waals surface area contributed by atoms with E-state index in [2.05, 4.69) is 30.9 Å². The number of aliphatic imine (C=N–C) groups is 1. The number of benzene rings is 2. The lowest BCUT2D eigenvalue weighted by atomic mass is 10.1. The Morgan fingerprint density at radius 3 is 2.56 bits per heavy atom. The van der Waals surface area contributed by atoms with E-state index in [0.717, 1.165) is 17.0 Å². The van der Waals surface area contributed by atoms with Gasteiger partial charge in [0.2, 0.25) is 5.90 Å². The molecule has 25 heavy (non-hydrogen) atoms. The number of ether oxygens (including phenoxy) is 1. The number of hydrogen-bond donors (Lipinski definition) is 1. The molecule has 2 aromatic rings. The summed E-state index contributed by atoms with van der Waals surface area (Å²) in [5.74, 6) is 1.15. The predicted octanol–water partition coefficient (Wildman–Crippen LogP) is 5.29. The topological polar surface area (TPSA) is 42.8 Å². The molecule has 0 atom stereocenters. The first-order valence-electron chi connectivity index (χ1n) is 8.08. The molecular formula is C21H24N2O2. The van der Waals surface area contributed by atoms with Crippen molar-refractivity contribution in [1.29, 1.82) is 0 Å². The Morgan fingerprint density at radius 2 is 1.88 bits per heavy atom. The zero-order valence-corrected chi connectivity index (χ0v) is 15.2. The highest BCUT2D eigenvalue weighted by molar-refractivity contribution is 5.91. The van der Waals surface area contributed by atoms with Crippen molar-refractivity contribution >= 4 is 11.6 Å². The molecule has 0 radical (unpaired) electrons. The summed E-state index contributed by atoms with van der Waals surface area (Å²) < 4.78 is 5.91. The molecule has 0 saturated heterocycles. The average Bonchev–Trinajstić information content (AvgIpc) is 2.55. The highest BCUT2D eigenvalue weighted by atomic mass is 16.6. The number of hydroxylamine groups is 1. The molecule has 4 nitrogen and oxygen atoms in total. The molecule has 2 aromatic carbocycles. The second-order valence-electron chi connectivity index (χ2n) is 5.94. The van der Waals surface area contributed by atoms with E-state index in [1.165, 1.54) is 17.4 Å². The quantitative estimate of drug-likeness (QED) is 0.337. The standard InChI is InChI=1S/C21H24N2O2/c1-15(2)23-24-12-11-21(25-20-8-6-7-16(3)13-20)22-19-10-9-17(4)18(5)14-19/h6-14,23H,1H2,2-5H3. The maximum atomic E-state index is 5.91. The van der Waals surface area contributed by atoms with Crippen molar-refractivity contribution in [2.75, 3.05) is 0 Å². The molecule has 0 aliphatic carbocycles. The van der Waals surface area contributed by atoms with Crippen molar-refractivity contribution in [2.24, 2.45) is 4.99 Å². The molecule has 4 heteroatoms. The van der Waals surface area contributed by atoms with E-state index in [-0.39, 0.29) is 0 Å². The average molecular weight is 336 g/mol. The van der Waals surface area contributed by atoms with E-state index in [0.29, 0.717) is 11.6 Å². The summed E-state index contributed by atoms with van der Waals surface area (Å²) in [6, 6.07) is 13.8. The van der Waals surface area contributed by atoms with Crippen LogP contribution in [0.25, 0.3) is 0 Å². The van der Waals surface area contributed by atoms with E-state index in [1.54, 1.807) is 13.0 Å². The fourth-order valence-electron chi connectivity index (χ4n) is 2.04. The van der Waals surface area contributed by atoms with Gasteiger partial charge in [-0.2, -0.15) is 0 Å². The number of nitrogens with one attached hydrogen (secondary N) is 1. The molecule has 0 aliphatic rings. The molecule has 0 saturated carbocycles. The van der Waals surface area contributed by atoms with Crippen LogP contribution in [0, 0.1) is 20.8 Å². The zero-order chi connectivity index (χ0) is 18.2. The van der Waals surface area contributed by atoms with Gasteiger partial charge in [-0.3, -0.25) is 0 Å². The maximum Gasteiger partial charge on any atom is 0.222 e. The molecule has 0 amide bonds. The van der Waals surface area contributed by atoms with Gasteiger partial charge in [-0.05, 0) is 68.7 Å². The van der Waals surface area contributed by atoms with Gasteiger partial charge in [-0.15, -0.1) is 0 Å². The summed E-state index contributed by atoms with van der Waals surface area (Å²) in [6.07, 6.45) is 3.14. The third-order valence-corrected chi connectivity index (χ3v) is 3.45. The van der Waals surface area contributed by atoms with E-state index in [4.69, 9.17) is 9.57 Å². The van der Waals surface area contributed by atoms with Crippen molar-refractivity contribution in [2.45, 2.75) is 27.7 Å². The Morgan fingerprint density at radius 1 is 1.08 bits per heavy atom. The predicted molar refractivity (Wildman–Crippen MR) is 103 cm³/mol. The van der Waals surface area contributed by atoms with Gasteiger partial charge in [0.25, 0.3) is 0 Å². The molecule has 130 valence electrons. The van der Waals surface area contributed by atoms with E-state index in [1.807, 2.05) is 49.4 Å². The summed E-state index contributed by atoms with van der Waals surface area (Å²) in [5, 5.41) is 0. The van der Waals surface area contributed by atoms with Crippen LogP contribution in [0.2, 0.25) is 0 Å². The number of nitrogens with zero attached hydrogens (tertiary/aromatic N) is 1. The van der Waals surface area contributed by atoms with Gasteiger partial charge in [0.05, 0.1) is 5.69 Å². The van der Waals surface area contributed by atoms with Crippen LogP contribution in [0.4, 0.5) is 5.69 Å². The van der Waals surface area contributed by atoms with Crippen LogP contribution in [0.3, 0.4) is 0 Å². The summed E-state index contributed by atoms with van der Waals surface area (Å²) in [4.78, 5) is 9.76. The van der Waals surface area contributed by atoms with E-state index in [9.17, 15) is 0 Å². The Bertz CT molecular complexity index is 807. The molecule has 0 aliphatic heterocycles. The van der Waals surface area contributed by atoms with Crippen LogP contribution in [0.15, 0.2) is 72.1 Å². The number of allylic oxidation sites excluding steroid dienone is 1. The Kier molecular flexibility index (Phi) is 6.40. The first-order valence-corrected chi connectivity index (χ1v) is 8.08. The van der Waals surface area contributed by atoms with Crippen molar-refractivity contribution in [3.63, 3.8) is 0 Å². The fourth-order valence-corrected chi connectivity index (χ4v) is 2.04. The maximum absolute atomic E-state index is 5.91. The SMILES string of the molecule is C=C(C)NOC=CC(=Nc1ccc(C)c(C)c1)Oc1cccc(C)c1. The number of hydrogen-bond acceptors (Lipinski definition) is 4. The molecule has 0 spiro atoms. The van der Waals surface area contributed by atoms with Gasteiger partial charge in [0.1, 0.15) is 12.0 Å². The van der Waals surface area contributed by atoms with Crippen LogP contribution in [0.5, 0.6) is 5.75 Å².